The van der Waals surface area contributed by atoms with Gasteiger partial charge < -0.3 is 4.98 Å². The Balaban J connectivity index is 1.77. The molecule has 1 aromatic heterocycles. The minimum absolute atomic E-state index is 0.0517. The number of carbonyl (C=O) groups is 1. The number of benzene rings is 1. The van der Waals surface area contributed by atoms with Gasteiger partial charge in [-0.3, -0.25) is 20.4 Å². The maximum absolute atomic E-state index is 12.3. The van der Waals surface area contributed by atoms with Crippen molar-refractivity contribution in [3.63, 3.8) is 0 Å². The summed E-state index contributed by atoms with van der Waals surface area (Å²) < 4.78 is 0. The van der Waals surface area contributed by atoms with Gasteiger partial charge in [0.2, 0.25) is 0 Å². The summed E-state index contributed by atoms with van der Waals surface area (Å²) in [5.41, 5.74) is 7.50. The topological polar surface area (TPSA) is 86.9 Å². The third-order valence-electron chi connectivity index (χ3n) is 4.02. The molecule has 120 valence electrons. The molecule has 0 saturated heterocycles. The molecule has 1 saturated carbocycles. The van der Waals surface area contributed by atoms with E-state index >= 15 is 0 Å². The van der Waals surface area contributed by atoms with Gasteiger partial charge in [-0.2, -0.15) is 0 Å². The van der Waals surface area contributed by atoms with Crippen LogP contribution in [-0.2, 0) is 6.42 Å². The molecule has 23 heavy (non-hydrogen) atoms. The Kier molecular flexibility index (Phi) is 4.14. The van der Waals surface area contributed by atoms with E-state index in [4.69, 9.17) is 0 Å². The third-order valence-corrected chi connectivity index (χ3v) is 4.02. The number of hydrogen-bond donors (Lipinski definition) is 3. The van der Waals surface area contributed by atoms with Crippen molar-refractivity contribution >= 4 is 11.6 Å². The molecule has 6 heteroatoms. The normalized spacial score (nSPS) is 13.7. The Morgan fingerprint density at radius 1 is 1.35 bits per heavy atom. The average Bonchev–Trinajstić information content (AvgIpc) is 3.37. The van der Waals surface area contributed by atoms with E-state index in [2.05, 4.69) is 20.8 Å². The smallest absolute Gasteiger partial charge is 0.277 e. The summed E-state index contributed by atoms with van der Waals surface area (Å²) in [4.78, 5) is 31.6. The van der Waals surface area contributed by atoms with Crippen molar-refractivity contribution in [1.82, 2.24) is 15.4 Å². The average molecular weight is 312 g/mol. The van der Waals surface area contributed by atoms with Crippen LogP contribution < -0.4 is 16.4 Å². The minimum atomic E-state index is -0.482. The number of rotatable bonds is 5. The Hall–Kier alpha value is -2.63. The quantitative estimate of drug-likeness (QED) is 0.739. The molecule has 1 heterocycles. The van der Waals surface area contributed by atoms with Gasteiger partial charge in [0, 0.05) is 5.92 Å². The summed E-state index contributed by atoms with van der Waals surface area (Å²) in [5.74, 6) is 0.547. The highest BCUT2D eigenvalue weighted by molar-refractivity contribution is 5.95. The maximum Gasteiger partial charge on any atom is 0.277 e. The number of aromatic nitrogens is 2. The van der Waals surface area contributed by atoms with Crippen molar-refractivity contribution in [2.24, 2.45) is 0 Å². The van der Waals surface area contributed by atoms with Gasteiger partial charge in [0.25, 0.3) is 11.5 Å². The number of carbonyl (C=O) groups excluding carboxylic acids is 1. The number of para-hydroxylation sites is 1. The molecule has 0 aliphatic heterocycles. The number of aryl methyl sites for hydroxylation is 2. The second-order valence-electron chi connectivity index (χ2n) is 5.78. The van der Waals surface area contributed by atoms with Crippen LogP contribution in [-0.4, -0.2) is 15.9 Å². The predicted octanol–water partition coefficient (Wildman–Crippen LogP) is 2.28. The minimum Gasteiger partial charge on any atom is -0.310 e. The van der Waals surface area contributed by atoms with Gasteiger partial charge in [0.1, 0.15) is 11.4 Å². The monoisotopic (exact) mass is 312 g/mol. The molecule has 1 fully saturated rings. The predicted molar refractivity (Wildman–Crippen MR) is 88.5 cm³/mol. The number of hydrazine groups is 1. The van der Waals surface area contributed by atoms with Crippen LogP contribution in [0.1, 0.15) is 53.1 Å². The standard InChI is InChI=1S/C17H20N4O2/c1-3-11-6-4-5-7-13(11)20-21-17(23)14-10(2)18-15(12-8-9-12)19-16(14)22/h4-7,12,20H,3,8-9H2,1-2H3,(H,21,23)(H,18,19,22). The number of anilines is 1. The molecule has 6 nitrogen and oxygen atoms in total. The SMILES string of the molecule is CCc1ccccc1NNC(=O)c1c(C)nc(C2CC2)[nH]c1=O. The first-order chi connectivity index (χ1) is 11.1. The van der Waals surface area contributed by atoms with E-state index in [0.29, 0.717) is 17.4 Å². The summed E-state index contributed by atoms with van der Waals surface area (Å²) in [6, 6.07) is 7.70. The molecule has 0 atom stereocenters. The fourth-order valence-electron chi connectivity index (χ4n) is 2.56. The second kappa shape index (κ2) is 6.24. The zero-order chi connectivity index (χ0) is 16.4. The molecule has 3 N–H and O–H groups in total. The number of nitrogens with one attached hydrogen (secondary N) is 3. The van der Waals surface area contributed by atoms with Crippen LogP contribution in [0, 0.1) is 6.92 Å². The van der Waals surface area contributed by atoms with Gasteiger partial charge >= 0.3 is 0 Å². The van der Waals surface area contributed by atoms with Crippen molar-refractivity contribution < 1.29 is 4.79 Å². The lowest BCUT2D eigenvalue weighted by atomic mass is 10.1. The van der Waals surface area contributed by atoms with Crippen molar-refractivity contribution in [3.05, 3.63) is 57.3 Å². The van der Waals surface area contributed by atoms with Crippen LogP contribution in [0.25, 0.3) is 0 Å². The van der Waals surface area contributed by atoms with Crippen LogP contribution in [0.5, 0.6) is 0 Å². The third kappa shape index (κ3) is 3.26. The van der Waals surface area contributed by atoms with Gasteiger partial charge in [-0.25, -0.2) is 4.98 Å². The molecular formula is C17H20N4O2. The number of aromatic amines is 1. The van der Waals surface area contributed by atoms with Gasteiger partial charge in [-0.1, -0.05) is 25.1 Å². The van der Waals surface area contributed by atoms with Gasteiger partial charge in [-0.05, 0) is 37.8 Å². The molecule has 0 unspecified atom stereocenters. The molecule has 3 rings (SSSR count). The number of amides is 1. The fourth-order valence-corrected chi connectivity index (χ4v) is 2.56. The van der Waals surface area contributed by atoms with Crippen molar-refractivity contribution in [1.29, 1.82) is 0 Å². The van der Waals surface area contributed by atoms with Crippen LogP contribution in [0.2, 0.25) is 0 Å². The summed E-state index contributed by atoms with van der Waals surface area (Å²) in [6.07, 6.45) is 2.93. The highest BCUT2D eigenvalue weighted by atomic mass is 16.2. The Labute approximate surface area is 134 Å². The molecule has 1 aliphatic carbocycles. The fraction of sp³-hybridized carbons (Fsp3) is 0.353. The number of nitrogens with zero attached hydrogens (tertiary/aromatic N) is 1. The van der Waals surface area contributed by atoms with E-state index in [9.17, 15) is 9.59 Å². The number of hydrogen-bond acceptors (Lipinski definition) is 4. The first-order valence-electron chi connectivity index (χ1n) is 7.85. The lowest BCUT2D eigenvalue weighted by Gasteiger charge is -2.12. The van der Waals surface area contributed by atoms with E-state index < -0.39 is 5.91 Å². The van der Waals surface area contributed by atoms with Crippen LogP contribution in [0.4, 0.5) is 5.69 Å². The summed E-state index contributed by atoms with van der Waals surface area (Å²) in [5, 5.41) is 0. The first-order valence-corrected chi connectivity index (χ1v) is 7.85. The molecule has 2 aromatic rings. The van der Waals surface area contributed by atoms with Crippen molar-refractivity contribution in [3.8, 4) is 0 Å². The summed E-state index contributed by atoms with van der Waals surface area (Å²) >= 11 is 0. The van der Waals surface area contributed by atoms with E-state index in [1.807, 2.05) is 31.2 Å². The molecule has 0 bridgehead atoms. The zero-order valence-electron chi connectivity index (χ0n) is 13.3. The first kappa shape index (κ1) is 15.3. The zero-order valence-corrected chi connectivity index (χ0v) is 13.3. The van der Waals surface area contributed by atoms with Crippen LogP contribution >= 0.6 is 0 Å². The van der Waals surface area contributed by atoms with Crippen molar-refractivity contribution in [2.45, 2.75) is 39.0 Å². The maximum atomic E-state index is 12.3. The van der Waals surface area contributed by atoms with E-state index in [0.717, 1.165) is 30.5 Å². The van der Waals surface area contributed by atoms with Gasteiger partial charge in [0.15, 0.2) is 0 Å². The Morgan fingerprint density at radius 2 is 2.09 bits per heavy atom. The van der Waals surface area contributed by atoms with E-state index in [1.165, 1.54) is 0 Å². The van der Waals surface area contributed by atoms with Crippen molar-refractivity contribution in [2.75, 3.05) is 5.43 Å². The molecule has 1 aromatic carbocycles. The number of H-pyrrole nitrogens is 1. The Bertz CT molecular complexity index is 793. The van der Waals surface area contributed by atoms with E-state index in [-0.39, 0.29) is 11.1 Å². The lowest BCUT2D eigenvalue weighted by molar-refractivity contribution is 0.0960. The molecule has 0 radical (unpaired) electrons. The Morgan fingerprint density at radius 3 is 2.74 bits per heavy atom. The van der Waals surface area contributed by atoms with E-state index in [1.54, 1.807) is 6.92 Å². The van der Waals surface area contributed by atoms with Gasteiger partial charge in [-0.15, -0.1) is 0 Å². The summed E-state index contributed by atoms with van der Waals surface area (Å²) in [6.45, 7) is 3.73. The molecule has 0 spiro atoms. The van der Waals surface area contributed by atoms with Gasteiger partial charge in [0.05, 0.1) is 11.4 Å². The summed E-state index contributed by atoms with van der Waals surface area (Å²) in [7, 11) is 0. The highest BCUT2D eigenvalue weighted by Gasteiger charge is 2.28. The molecule has 1 amide bonds. The second-order valence-corrected chi connectivity index (χ2v) is 5.78. The highest BCUT2D eigenvalue weighted by Crippen LogP contribution is 2.37. The lowest BCUT2D eigenvalue weighted by Crippen LogP contribution is -2.35. The van der Waals surface area contributed by atoms with Crippen LogP contribution in [0.15, 0.2) is 29.1 Å². The molecular weight excluding hydrogens is 292 g/mol. The molecule has 1 aliphatic rings. The largest absolute Gasteiger partial charge is 0.310 e. The van der Waals surface area contributed by atoms with Crippen LogP contribution in [0.3, 0.4) is 0 Å².